The summed E-state index contributed by atoms with van der Waals surface area (Å²) < 4.78 is 0. The second-order valence-corrected chi connectivity index (χ2v) is 4.58. The van der Waals surface area contributed by atoms with Gasteiger partial charge in [0.2, 0.25) is 6.41 Å². The minimum Gasteiger partial charge on any atom is -0.356 e. The van der Waals surface area contributed by atoms with Crippen LogP contribution < -0.4 is 5.32 Å². The number of amidine groups is 1. The van der Waals surface area contributed by atoms with Crippen molar-refractivity contribution in [1.29, 1.82) is 0 Å². The predicted molar refractivity (Wildman–Crippen MR) is 70.5 cm³/mol. The van der Waals surface area contributed by atoms with Gasteiger partial charge in [0.05, 0.1) is 0 Å². The fraction of sp³-hybridized carbons (Fsp3) is 0.538. The van der Waals surface area contributed by atoms with Crippen molar-refractivity contribution >= 4 is 12.2 Å². The lowest BCUT2D eigenvalue weighted by molar-refractivity contribution is -0.108. The van der Waals surface area contributed by atoms with Crippen LogP contribution in [0.1, 0.15) is 27.7 Å². The van der Waals surface area contributed by atoms with Crippen LogP contribution >= 0.6 is 0 Å². The summed E-state index contributed by atoms with van der Waals surface area (Å²) >= 11 is 0. The highest BCUT2D eigenvalue weighted by Crippen LogP contribution is 2.20. The van der Waals surface area contributed by atoms with E-state index in [4.69, 9.17) is 0 Å². The molecule has 0 saturated heterocycles. The smallest absolute Gasteiger partial charge is 0.212 e. The molecule has 0 radical (unpaired) electrons. The molecule has 0 bridgehead atoms. The van der Waals surface area contributed by atoms with Crippen LogP contribution in [-0.2, 0) is 4.79 Å². The molecular weight excluding hydrogens is 214 g/mol. The second kappa shape index (κ2) is 5.66. The van der Waals surface area contributed by atoms with Gasteiger partial charge in [-0.05, 0) is 19.8 Å². The van der Waals surface area contributed by atoms with Gasteiger partial charge in [0.1, 0.15) is 12.0 Å². The Kier molecular flexibility index (Phi) is 4.49. The Bertz CT molecular complexity index is 380. The molecule has 0 fully saturated rings. The highest BCUT2D eigenvalue weighted by molar-refractivity contribution is 6.06. The number of carbonyl (C=O) groups is 1. The highest BCUT2D eigenvalue weighted by Gasteiger charge is 2.20. The summed E-state index contributed by atoms with van der Waals surface area (Å²) in [6.45, 7) is 8.27. The lowest BCUT2D eigenvalue weighted by atomic mass is 10.1. The normalized spacial score (nSPS) is 21.2. The predicted octanol–water partition coefficient (Wildman–Crippen LogP) is 1.91. The maximum Gasteiger partial charge on any atom is 0.212 e. The molecule has 1 heterocycles. The van der Waals surface area contributed by atoms with E-state index in [1.54, 1.807) is 0 Å². The van der Waals surface area contributed by atoms with Crippen LogP contribution in [0.25, 0.3) is 0 Å². The van der Waals surface area contributed by atoms with E-state index >= 15 is 0 Å². The van der Waals surface area contributed by atoms with Gasteiger partial charge in [-0.25, -0.2) is 4.99 Å². The van der Waals surface area contributed by atoms with Gasteiger partial charge in [0.25, 0.3) is 0 Å². The molecule has 0 saturated carbocycles. The molecule has 1 rings (SSSR count). The van der Waals surface area contributed by atoms with Crippen molar-refractivity contribution in [3.63, 3.8) is 0 Å². The Morgan fingerprint density at radius 3 is 2.65 bits per heavy atom. The Balaban J connectivity index is 3.09. The standard InChI is InChI=1S/C13H21N3O/c1-9(2)6-7-12-10(3)16(5)11(4)15-13(12)14-8-17/h6-9,11H,1-5H3,(H,14,15,17)/b7-6-. The molecule has 0 aromatic carbocycles. The first-order valence-electron chi connectivity index (χ1n) is 5.87. The number of rotatable bonds is 3. The van der Waals surface area contributed by atoms with Gasteiger partial charge in [-0.3, -0.25) is 4.79 Å². The number of nitrogens with zero attached hydrogens (tertiary/aromatic N) is 2. The van der Waals surface area contributed by atoms with Crippen molar-refractivity contribution in [3.8, 4) is 0 Å². The maximum atomic E-state index is 10.6. The van der Waals surface area contributed by atoms with Crippen LogP contribution in [-0.4, -0.2) is 30.4 Å². The zero-order valence-electron chi connectivity index (χ0n) is 11.2. The van der Waals surface area contributed by atoms with E-state index in [9.17, 15) is 4.79 Å². The van der Waals surface area contributed by atoms with Gasteiger partial charge in [-0.1, -0.05) is 26.0 Å². The van der Waals surface area contributed by atoms with Crippen LogP contribution in [0.5, 0.6) is 0 Å². The molecule has 1 aliphatic rings. The zero-order valence-corrected chi connectivity index (χ0v) is 11.2. The molecule has 1 amide bonds. The Hall–Kier alpha value is -1.58. The Morgan fingerprint density at radius 2 is 2.12 bits per heavy atom. The molecule has 4 heteroatoms. The van der Waals surface area contributed by atoms with Crippen molar-refractivity contribution < 1.29 is 4.79 Å². The minimum atomic E-state index is 0.0497. The molecule has 1 aliphatic heterocycles. The molecule has 1 N–H and O–H groups in total. The van der Waals surface area contributed by atoms with E-state index in [1.165, 1.54) is 0 Å². The molecule has 0 aromatic heterocycles. The third-order valence-corrected chi connectivity index (χ3v) is 2.89. The Labute approximate surface area is 103 Å². The number of allylic oxidation sites excluding steroid dienone is 2. The first-order chi connectivity index (χ1) is 7.97. The zero-order chi connectivity index (χ0) is 13.0. The minimum absolute atomic E-state index is 0.0497. The summed E-state index contributed by atoms with van der Waals surface area (Å²) in [5.41, 5.74) is 2.10. The van der Waals surface area contributed by atoms with Crippen molar-refractivity contribution in [1.82, 2.24) is 10.2 Å². The first-order valence-corrected chi connectivity index (χ1v) is 5.87. The molecule has 94 valence electrons. The molecular formula is C13H21N3O. The van der Waals surface area contributed by atoms with Crippen molar-refractivity contribution in [2.45, 2.75) is 33.9 Å². The molecule has 1 unspecified atom stereocenters. The summed E-state index contributed by atoms with van der Waals surface area (Å²) in [5, 5.41) is 2.67. The van der Waals surface area contributed by atoms with Crippen LogP contribution in [0.2, 0.25) is 0 Å². The van der Waals surface area contributed by atoms with Gasteiger partial charge in [0, 0.05) is 18.3 Å². The van der Waals surface area contributed by atoms with E-state index in [0.29, 0.717) is 18.2 Å². The largest absolute Gasteiger partial charge is 0.356 e. The molecule has 1 atom stereocenters. The quantitative estimate of drug-likeness (QED) is 0.759. The lowest BCUT2D eigenvalue weighted by Crippen LogP contribution is -2.37. The summed E-state index contributed by atoms with van der Waals surface area (Å²) in [4.78, 5) is 17.1. The summed E-state index contributed by atoms with van der Waals surface area (Å²) in [6.07, 6.45) is 4.85. The van der Waals surface area contributed by atoms with Crippen LogP contribution in [0.3, 0.4) is 0 Å². The van der Waals surface area contributed by atoms with E-state index in [2.05, 4.69) is 35.1 Å². The number of amides is 1. The highest BCUT2D eigenvalue weighted by atomic mass is 16.1. The van der Waals surface area contributed by atoms with Gasteiger partial charge in [0.15, 0.2) is 0 Å². The van der Waals surface area contributed by atoms with Crippen LogP contribution in [0.15, 0.2) is 28.4 Å². The first kappa shape index (κ1) is 13.5. The molecule has 0 aliphatic carbocycles. The van der Waals surface area contributed by atoms with Crippen molar-refractivity contribution in [3.05, 3.63) is 23.4 Å². The second-order valence-electron chi connectivity index (χ2n) is 4.58. The van der Waals surface area contributed by atoms with Crippen molar-refractivity contribution in [2.24, 2.45) is 10.9 Å². The van der Waals surface area contributed by atoms with Gasteiger partial charge < -0.3 is 10.2 Å². The molecule has 0 aromatic rings. The van der Waals surface area contributed by atoms with Crippen LogP contribution in [0, 0.1) is 5.92 Å². The lowest BCUT2D eigenvalue weighted by Gasteiger charge is -2.31. The van der Waals surface area contributed by atoms with Crippen LogP contribution in [0.4, 0.5) is 0 Å². The van der Waals surface area contributed by atoms with Gasteiger partial charge in [-0.2, -0.15) is 0 Å². The Morgan fingerprint density at radius 1 is 1.47 bits per heavy atom. The average molecular weight is 235 g/mol. The SMILES string of the molecule is CC1=C(/C=C\C(C)C)C(NC=O)=NC(C)N1C. The number of hydrogen-bond acceptors (Lipinski definition) is 3. The summed E-state index contributed by atoms with van der Waals surface area (Å²) in [5.74, 6) is 1.12. The number of carbonyl (C=O) groups excluding carboxylic acids is 1. The van der Waals surface area contributed by atoms with E-state index < -0.39 is 0 Å². The summed E-state index contributed by atoms with van der Waals surface area (Å²) in [6, 6.07) is 0. The topological polar surface area (TPSA) is 44.7 Å². The molecule has 4 nitrogen and oxygen atoms in total. The third kappa shape index (κ3) is 3.19. The van der Waals surface area contributed by atoms with E-state index in [0.717, 1.165) is 11.3 Å². The number of aliphatic imine (C=N–C) groups is 1. The third-order valence-electron chi connectivity index (χ3n) is 2.89. The van der Waals surface area contributed by atoms with E-state index in [1.807, 2.05) is 27.0 Å². The average Bonchev–Trinajstić information content (AvgIpc) is 2.26. The fourth-order valence-electron chi connectivity index (χ4n) is 1.64. The fourth-order valence-corrected chi connectivity index (χ4v) is 1.64. The van der Waals surface area contributed by atoms with Crippen molar-refractivity contribution in [2.75, 3.05) is 7.05 Å². The maximum absolute atomic E-state index is 10.6. The number of hydrogen-bond donors (Lipinski definition) is 1. The molecule has 0 spiro atoms. The monoisotopic (exact) mass is 235 g/mol. The van der Waals surface area contributed by atoms with Gasteiger partial charge in [-0.15, -0.1) is 0 Å². The van der Waals surface area contributed by atoms with E-state index in [-0.39, 0.29) is 6.17 Å². The van der Waals surface area contributed by atoms with Gasteiger partial charge >= 0.3 is 0 Å². The number of nitrogens with one attached hydrogen (secondary N) is 1. The molecule has 17 heavy (non-hydrogen) atoms. The summed E-state index contributed by atoms with van der Waals surface area (Å²) in [7, 11) is 2.00.